The van der Waals surface area contributed by atoms with Crippen LogP contribution in [0.5, 0.6) is 11.6 Å². The van der Waals surface area contributed by atoms with Crippen LogP contribution in [0, 0.1) is 0 Å². The van der Waals surface area contributed by atoms with E-state index in [1.54, 1.807) is 12.1 Å². The topological polar surface area (TPSA) is 109 Å². The van der Waals surface area contributed by atoms with Crippen LogP contribution in [0.4, 0.5) is 0 Å². The van der Waals surface area contributed by atoms with Crippen LogP contribution in [0.15, 0.2) is 72.8 Å². The molecule has 0 atom stereocenters. The zero-order valence-electron chi connectivity index (χ0n) is 17.4. The van der Waals surface area contributed by atoms with Gasteiger partial charge in [-0.3, -0.25) is 14.5 Å². The van der Waals surface area contributed by atoms with Crippen molar-refractivity contribution in [2.45, 2.75) is 19.8 Å². The Morgan fingerprint density at radius 1 is 0.781 bits per heavy atom. The largest absolute Gasteiger partial charge is 0.489 e. The first-order valence-electron chi connectivity index (χ1n) is 9.98. The molecule has 1 aromatic heterocycles. The Morgan fingerprint density at radius 3 is 1.84 bits per heavy atom. The molecule has 3 aromatic rings. The second-order valence-electron chi connectivity index (χ2n) is 7.11. The first-order valence-corrected chi connectivity index (χ1v) is 9.98. The predicted molar refractivity (Wildman–Crippen MR) is 116 cm³/mol. The molecule has 32 heavy (non-hydrogen) atoms. The Hall–Kier alpha value is -3.91. The van der Waals surface area contributed by atoms with Gasteiger partial charge in [0.1, 0.15) is 19.0 Å². The van der Waals surface area contributed by atoms with Crippen LogP contribution >= 0.6 is 0 Å². The van der Waals surface area contributed by atoms with E-state index in [1.165, 1.54) is 4.90 Å². The minimum Gasteiger partial charge on any atom is -0.489 e. The number of hydrogen-bond donors (Lipinski definition) is 2. The summed E-state index contributed by atoms with van der Waals surface area (Å²) in [6, 6.07) is 22.5. The maximum atomic E-state index is 11.1. The molecule has 8 heteroatoms. The van der Waals surface area contributed by atoms with E-state index in [9.17, 15) is 9.59 Å². The lowest BCUT2D eigenvalue weighted by Crippen LogP contribution is -2.34. The number of nitrogens with zero attached hydrogens (tertiary/aromatic N) is 2. The summed E-state index contributed by atoms with van der Waals surface area (Å²) in [5.41, 5.74) is 2.39. The van der Waals surface area contributed by atoms with Gasteiger partial charge in [0.05, 0.1) is 18.8 Å². The van der Waals surface area contributed by atoms with Crippen LogP contribution in [0.2, 0.25) is 0 Å². The summed E-state index contributed by atoms with van der Waals surface area (Å²) >= 11 is 0. The lowest BCUT2D eigenvalue weighted by atomic mass is 10.2. The minimum atomic E-state index is -1.12. The van der Waals surface area contributed by atoms with Crippen molar-refractivity contribution in [2.24, 2.45) is 0 Å². The molecular weight excluding hydrogens is 412 g/mol. The molecule has 0 fully saturated rings. The third-order valence-corrected chi connectivity index (χ3v) is 4.41. The monoisotopic (exact) mass is 436 g/mol. The van der Waals surface area contributed by atoms with E-state index in [0.29, 0.717) is 30.5 Å². The number of carbonyl (C=O) groups is 2. The van der Waals surface area contributed by atoms with Crippen LogP contribution < -0.4 is 9.47 Å². The number of hydrogen-bond acceptors (Lipinski definition) is 6. The maximum Gasteiger partial charge on any atom is 0.317 e. The number of benzene rings is 2. The molecule has 0 aliphatic carbocycles. The lowest BCUT2D eigenvalue weighted by Gasteiger charge is -2.18. The maximum absolute atomic E-state index is 11.1. The average Bonchev–Trinajstić information content (AvgIpc) is 2.77. The molecule has 0 unspecified atom stereocenters. The van der Waals surface area contributed by atoms with Gasteiger partial charge in [0, 0.05) is 18.7 Å². The highest BCUT2D eigenvalue weighted by Gasteiger charge is 2.16. The first kappa shape index (κ1) is 22.8. The number of aromatic nitrogens is 1. The van der Waals surface area contributed by atoms with Crippen molar-refractivity contribution in [3.8, 4) is 11.6 Å². The number of ether oxygens (including phenoxy) is 2. The summed E-state index contributed by atoms with van der Waals surface area (Å²) in [6.45, 7) is -0.213. The van der Waals surface area contributed by atoms with Crippen LogP contribution in [-0.4, -0.2) is 45.1 Å². The molecule has 0 amide bonds. The third-order valence-electron chi connectivity index (χ3n) is 4.41. The Bertz CT molecular complexity index is 949. The highest BCUT2D eigenvalue weighted by molar-refractivity contribution is 5.72. The highest BCUT2D eigenvalue weighted by Crippen LogP contribution is 2.22. The third kappa shape index (κ3) is 7.73. The van der Waals surface area contributed by atoms with Gasteiger partial charge < -0.3 is 19.7 Å². The Balaban J connectivity index is 1.79. The van der Waals surface area contributed by atoms with E-state index in [-0.39, 0.29) is 6.54 Å². The van der Waals surface area contributed by atoms with Crippen molar-refractivity contribution < 1.29 is 29.3 Å². The SMILES string of the molecule is O=C(O)CN(CC(=O)O)Cc1cc(OCc2ccccc2)cc(OCc2ccccc2)n1. The first-order chi connectivity index (χ1) is 15.5. The second kappa shape index (κ2) is 11.5. The molecular formula is C24H24N2O6. The van der Waals surface area contributed by atoms with Crippen molar-refractivity contribution in [2.75, 3.05) is 13.1 Å². The van der Waals surface area contributed by atoms with Gasteiger partial charge in [-0.05, 0) is 11.1 Å². The number of carboxylic acids is 2. The number of rotatable bonds is 12. The summed E-state index contributed by atoms with van der Waals surface area (Å²) in [5.74, 6) is -1.45. The standard InChI is InChI=1S/C24H24N2O6/c27-23(28)14-26(15-24(29)30)13-20-11-21(31-16-18-7-3-1-4-8-18)12-22(25-20)32-17-19-9-5-2-6-10-19/h1-12H,13-17H2,(H,27,28)(H,29,30). The number of pyridine rings is 1. The molecule has 2 N–H and O–H groups in total. The van der Waals surface area contributed by atoms with Crippen LogP contribution in [0.1, 0.15) is 16.8 Å². The molecule has 0 saturated carbocycles. The molecule has 0 bridgehead atoms. The zero-order valence-corrected chi connectivity index (χ0v) is 17.4. The van der Waals surface area contributed by atoms with E-state index < -0.39 is 25.0 Å². The molecule has 0 saturated heterocycles. The number of carboxylic acid groups (broad SMARTS) is 2. The Kier molecular flexibility index (Phi) is 8.16. The van der Waals surface area contributed by atoms with Crippen LogP contribution in [-0.2, 0) is 29.3 Å². The zero-order chi connectivity index (χ0) is 22.8. The minimum absolute atomic E-state index is 0.0167. The average molecular weight is 436 g/mol. The van der Waals surface area contributed by atoms with E-state index in [4.69, 9.17) is 19.7 Å². The summed E-state index contributed by atoms with van der Waals surface area (Å²) in [6.07, 6.45) is 0. The van der Waals surface area contributed by atoms with Gasteiger partial charge in [0.25, 0.3) is 0 Å². The van der Waals surface area contributed by atoms with E-state index in [2.05, 4.69) is 4.98 Å². The van der Waals surface area contributed by atoms with Gasteiger partial charge in [0.15, 0.2) is 0 Å². The summed E-state index contributed by atoms with van der Waals surface area (Å²) in [4.78, 5) is 28.0. The van der Waals surface area contributed by atoms with Gasteiger partial charge in [-0.1, -0.05) is 60.7 Å². The molecule has 0 aliphatic heterocycles. The molecule has 8 nitrogen and oxygen atoms in total. The second-order valence-corrected chi connectivity index (χ2v) is 7.11. The fraction of sp³-hybridized carbons (Fsp3) is 0.208. The van der Waals surface area contributed by atoms with E-state index in [1.807, 2.05) is 60.7 Å². The van der Waals surface area contributed by atoms with Crippen molar-refractivity contribution in [1.82, 2.24) is 9.88 Å². The van der Waals surface area contributed by atoms with Crippen molar-refractivity contribution in [3.05, 3.63) is 89.6 Å². The van der Waals surface area contributed by atoms with E-state index >= 15 is 0 Å². The van der Waals surface area contributed by atoms with Gasteiger partial charge in [0.2, 0.25) is 5.88 Å². The molecule has 0 radical (unpaired) electrons. The van der Waals surface area contributed by atoms with Crippen LogP contribution in [0.25, 0.3) is 0 Å². The molecule has 2 aromatic carbocycles. The predicted octanol–water partition coefficient (Wildman–Crippen LogP) is 3.21. The lowest BCUT2D eigenvalue weighted by molar-refractivity contribution is -0.142. The Morgan fingerprint density at radius 2 is 1.31 bits per heavy atom. The van der Waals surface area contributed by atoms with Crippen LogP contribution in [0.3, 0.4) is 0 Å². The molecule has 0 spiro atoms. The molecule has 1 heterocycles. The van der Waals surface area contributed by atoms with Crippen molar-refractivity contribution in [1.29, 1.82) is 0 Å². The van der Waals surface area contributed by atoms with E-state index in [0.717, 1.165) is 11.1 Å². The normalized spacial score (nSPS) is 10.7. The molecule has 3 rings (SSSR count). The van der Waals surface area contributed by atoms with Crippen molar-refractivity contribution >= 4 is 11.9 Å². The van der Waals surface area contributed by atoms with Gasteiger partial charge in [-0.15, -0.1) is 0 Å². The van der Waals surface area contributed by atoms with Gasteiger partial charge in [-0.2, -0.15) is 0 Å². The van der Waals surface area contributed by atoms with Gasteiger partial charge >= 0.3 is 11.9 Å². The fourth-order valence-corrected chi connectivity index (χ4v) is 3.02. The summed E-state index contributed by atoms with van der Waals surface area (Å²) in [5, 5.41) is 18.2. The highest BCUT2D eigenvalue weighted by atomic mass is 16.5. The van der Waals surface area contributed by atoms with Crippen molar-refractivity contribution in [3.63, 3.8) is 0 Å². The number of aliphatic carboxylic acids is 2. The quantitative estimate of drug-likeness (QED) is 0.446. The summed E-state index contributed by atoms with van der Waals surface area (Å²) in [7, 11) is 0. The fourth-order valence-electron chi connectivity index (χ4n) is 3.02. The smallest absolute Gasteiger partial charge is 0.317 e. The Labute approximate surface area is 185 Å². The van der Waals surface area contributed by atoms with Gasteiger partial charge in [-0.25, -0.2) is 4.98 Å². The molecule has 166 valence electrons. The molecule has 0 aliphatic rings. The summed E-state index contributed by atoms with van der Waals surface area (Å²) < 4.78 is 11.7.